The molecule has 0 aliphatic carbocycles. The Balaban J connectivity index is 2.70. The van der Waals surface area contributed by atoms with Gasteiger partial charge >= 0.3 is 5.97 Å². The van der Waals surface area contributed by atoms with Crippen LogP contribution in [-0.2, 0) is 4.79 Å². The molecule has 4 nitrogen and oxygen atoms in total. The van der Waals surface area contributed by atoms with E-state index in [4.69, 9.17) is 15.6 Å². The second-order valence-electron chi connectivity index (χ2n) is 2.38. The topological polar surface area (TPSA) is 84.9 Å². The Labute approximate surface area is 87.2 Å². The molecule has 0 amide bonds. The molecule has 0 bridgehead atoms. The Morgan fingerprint density at radius 1 is 1.64 bits per heavy atom. The van der Waals surface area contributed by atoms with Gasteiger partial charge in [-0.2, -0.15) is 10.5 Å². The normalized spacial score (nSPS) is 24.8. The lowest BCUT2D eigenvalue weighted by atomic mass is 10.2. The van der Waals surface area contributed by atoms with Gasteiger partial charge in [0.05, 0.1) is 12.1 Å². The van der Waals surface area contributed by atoms with E-state index >= 15 is 0 Å². The van der Waals surface area contributed by atoms with Crippen LogP contribution >= 0.6 is 20.3 Å². The molecule has 0 fully saturated rings. The summed E-state index contributed by atoms with van der Waals surface area (Å²) in [5.41, 5.74) is 0. The van der Waals surface area contributed by atoms with Crippen LogP contribution in [0.1, 0.15) is 0 Å². The van der Waals surface area contributed by atoms with Gasteiger partial charge in [0.2, 0.25) is 0 Å². The second-order valence-corrected chi connectivity index (χ2v) is 6.02. The van der Waals surface area contributed by atoms with Crippen LogP contribution in [0, 0.1) is 28.6 Å². The van der Waals surface area contributed by atoms with Crippen molar-refractivity contribution < 1.29 is 9.90 Å². The fraction of sp³-hybridized carbons (Fsp3) is 0.250. The molecular weight excluding hydrogens is 220 g/mol. The monoisotopic (exact) mass is 226 g/mol. The van der Waals surface area contributed by atoms with Crippen LogP contribution in [0.5, 0.6) is 0 Å². The predicted molar refractivity (Wildman–Crippen MR) is 56.5 cm³/mol. The molecule has 2 atom stereocenters. The quantitative estimate of drug-likeness (QED) is 0.567. The highest BCUT2D eigenvalue weighted by molar-refractivity contribution is 8.85. The van der Waals surface area contributed by atoms with E-state index in [2.05, 4.69) is 0 Å². The van der Waals surface area contributed by atoms with Gasteiger partial charge in [-0.1, -0.05) is 16.9 Å². The first-order valence-electron chi connectivity index (χ1n) is 3.61. The van der Waals surface area contributed by atoms with E-state index in [1.165, 1.54) is 10.8 Å². The zero-order valence-electron chi connectivity index (χ0n) is 6.95. The number of carboxylic acid groups (broad SMARTS) is 1. The number of hydrogen-bond donors (Lipinski definition) is 1. The van der Waals surface area contributed by atoms with E-state index in [0.29, 0.717) is 0 Å². The highest BCUT2D eigenvalue weighted by atomic mass is 33.1. The maximum Gasteiger partial charge on any atom is 0.321 e. The average Bonchev–Trinajstić information content (AvgIpc) is 2.62. The molecule has 0 aromatic heterocycles. The molecule has 0 radical (unpaired) electrons. The van der Waals surface area contributed by atoms with Crippen molar-refractivity contribution >= 4 is 31.6 Å². The predicted octanol–water partition coefficient (Wildman–Crippen LogP) is 1.35. The van der Waals surface area contributed by atoms with E-state index in [1.54, 1.807) is 16.9 Å². The van der Waals surface area contributed by atoms with Crippen molar-refractivity contribution in [1.82, 2.24) is 0 Å². The lowest BCUT2D eigenvalue weighted by Crippen LogP contribution is -2.09. The van der Waals surface area contributed by atoms with E-state index in [1.807, 2.05) is 12.1 Å². The Kier molecular flexibility index (Phi) is 3.75. The standard InChI is InChI=1S/C8H6N2O2S2/c9-3-6(4-10)5-14-2-1-7(13-14)8(11)12/h1-2,5-7H,(H,11,12). The van der Waals surface area contributed by atoms with Crippen LogP contribution in [0.25, 0.3) is 0 Å². The highest BCUT2D eigenvalue weighted by Gasteiger charge is 2.21. The summed E-state index contributed by atoms with van der Waals surface area (Å²) < 4.78 is 0. The number of nitrogens with zero attached hydrogens (tertiary/aromatic N) is 2. The van der Waals surface area contributed by atoms with Crippen molar-refractivity contribution in [2.45, 2.75) is 5.25 Å². The number of rotatable bonds is 2. The van der Waals surface area contributed by atoms with Crippen molar-refractivity contribution in [3.05, 3.63) is 11.5 Å². The smallest absolute Gasteiger partial charge is 0.321 e. The minimum Gasteiger partial charge on any atom is -0.480 e. The number of hydrogen-bond acceptors (Lipinski definition) is 4. The third kappa shape index (κ3) is 2.63. The fourth-order valence-corrected chi connectivity index (χ4v) is 4.31. The van der Waals surface area contributed by atoms with Crippen LogP contribution < -0.4 is 0 Å². The van der Waals surface area contributed by atoms with Gasteiger partial charge in [0.25, 0.3) is 0 Å². The second kappa shape index (κ2) is 4.85. The van der Waals surface area contributed by atoms with Gasteiger partial charge in [0.15, 0.2) is 5.92 Å². The van der Waals surface area contributed by atoms with Crippen molar-refractivity contribution in [3.8, 4) is 12.1 Å². The van der Waals surface area contributed by atoms with Crippen molar-refractivity contribution in [2.75, 3.05) is 0 Å². The van der Waals surface area contributed by atoms with E-state index in [9.17, 15) is 4.79 Å². The Hall–Kier alpha value is -1.24. The number of carboxylic acids is 1. The molecule has 1 N–H and O–H groups in total. The Morgan fingerprint density at radius 3 is 2.71 bits per heavy atom. The van der Waals surface area contributed by atoms with Gasteiger partial charge in [-0.3, -0.25) is 4.79 Å². The van der Waals surface area contributed by atoms with E-state index in [-0.39, 0.29) is 0 Å². The molecule has 0 aromatic rings. The summed E-state index contributed by atoms with van der Waals surface area (Å²) in [5.74, 6) is -1.65. The SMILES string of the molecule is N#CC(C#N)C=S1C=CC(C(=O)O)S1. The fourth-order valence-electron chi connectivity index (χ4n) is 0.757. The Bertz CT molecular complexity index is 375. The summed E-state index contributed by atoms with van der Waals surface area (Å²) in [6.07, 6.45) is 1.58. The molecule has 1 heterocycles. The van der Waals surface area contributed by atoms with Crippen LogP contribution in [0.4, 0.5) is 0 Å². The summed E-state index contributed by atoms with van der Waals surface area (Å²) in [5, 5.41) is 28.4. The molecule has 6 heteroatoms. The molecule has 1 rings (SSSR count). The summed E-state index contributed by atoms with van der Waals surface area (Å²) in [7, 11) is 0.815. The van der Waals surface area contributed by atoms with Gasteiger partial charge in [-0.05, 0) is 10.8 Å². The molecule has 0 spiro atoms. The molecule has 1 aliphatic heterocycles. The van der Waals surface area contributed by atoms with Crippen LogP contribution in [-0.4, -0.2) is 21.7 Å². The first kappa shape index (κ1) is 10.8. The zero-order chi connectivity index (χ0) is 10.6. The van der Waals surface area contributed by atoms with Gasteiger partial charge in [0, 0.05) is 0 Å². The Morgan fingerprint density at radius 2 is 2.29 bits per heavy atom. The number of nitriles is 2. The first-order valence-corrected chi connectivity index (χ1v) is 6.36. The molecule has 0 saturated heterocycles. The van der Waals surface area contributed by atoms with Crippen molar-refractivity contribution in [2.24, 2.45) is 5.92 Å². The van der Waals surface area contributed by atoms with E-state index < -0.39 is 26.7 Å². The lowest BCUT2D eigenvalue weighted by Gasteiger charge is -2.00. The van der Waals surface area contributed by atoms with Crippen LogP contribution in [0.3, 0.4) is 0 Å². The minimum absolute atomic E-state index is 0.422. The molecule has 0 aromatic carbocycles. The van der Waals surface area contributed by atoms with Gasteiger partial charge in [0.1, 0.15) is 5.25 Å². The number of aliphatic carboxylic acids is 1. The van der Waals surface area contributed by atoms with Gasteiger partial charge < -0.3 is 5.11 Å². The van der Waals surface area contributed by atoms with Crippen molar-refractivity contribution in [3.63, 3.8) is 0 Å². The summed E-state index contributed by atoms with van der Waals surface area (Å²) in [6.45, 7) is 0. The summed E-state index contributed by atoms with van der Waals surface area (Å²) in [6, 6.07) is 3.64. The van der Waals surface area contributed by atoms with Crippen molar-refractivity contribution in [1.29, 1.82) is 10.5 Å². The maximum atomic E-state index is 10.6. The van der Waals surface area contributed by atoms with Crippen LogP contribution in [0.2, 0.25) is 0 Å². The lowest BCUT2D eigenvalue weighted by molar-refractivity contribution is -0.135. The first-order chi connectivity index (χ1) is 6.67. The van der Waals surface area contributed by atoms with Crippen LogP contribution in [0.15, 0.2) is 11.5 Å². The summed E-state index contributed by atoms with van der Waals surface area (Å²) >= 11 is 0. The molecule has 0 saturated carbocycles. The zero-order valence-corrected chi connectivity index (χ0v) is 8.59. The molecule has 2 unspecified atom stereocenters. The third-order valence-corrected chi connectivity index (χ3v) is 5.10. The maximum absolute atomic E-state index is 10.6. The minimum atomic E-state index is -0.889. The molecule has 1 aliphatic rings. The summed E-state index contributed by atoms with van der Waals surface area (Å²) in [4.78, 5) is 10.6. The largest absolute Gasteiger partial charge is 0.480 e. The molecule has 14 heavy (non-hydrogen) atoms. The van der Waals surface area contributed by atoms with Gasteiger partial charge in [-0.15, -0.1) is 9.52 Å². The highest BCUT2D eigenvalue weighted by Crippen LogP contribution is 2.42. The molecule has 72 valence electrons. The molecular formula is C8H6N2O2S2. The number of carbonyl (C=O) groups is 1. The van der Waals surface area contributed by atoms with Gasteiger partial charge in [-0.25, -0.2) is 0 Å². The third-order valence-electron chi connectivity index (χ3n) is 1.39. The van der Waals surface area contributed by atoms with E-state index in [0.717, 1.165) is 0 Å². The average molecular weight is 226 g/mol.